The number of ether oxygens (including phenoxy) is 3. The maximum atomic E-state index is 14.3. The molecule has 48 heavy (non-hydrogen) atoms. The lowest BCUT2D eigenvalue weighted by Gasteiger charge is -2.31. The number of hydrogen-bond acceptors (Lipinski definition) is 9. The standard InChI is InChI=1S/C35H48N4O8S/c1-5-6-15-36-23(4)32-27-18-25(12-13-28(27)37-33(32)41)48(43,44)39(19-22(2)3)20-30(40)29(17-24-10-8-7-9-11-24)38-35(42)47-31-21-46-34-26(31)14-16-45-34/h7-13,18,22,26,29-31,34,36,40H,5-6,14-17,19-21H2,1-4H3,(H,37,41)(H,38,42). The zero-order valence-corrected chi connectivity index (χ0v) is 28.9. The van der Waals surface area contributed by atoms with Crippen LogP contribution in [0, 0.1) is 11.8 Å². The summed E-state index contributed by atoms with van der Waals surface area (Å²) in [5.41, 5.74) is 2.97. The van der Waals surface area contributed by atoms with Gasteiger partial charge < -0.3 is 35.3 Å². The molecule has 5 rings (SSSR count). The number of nitrogens with zero attached hydrogens (tertiary/aromatic N) is 1. The van der Waals surface area contributed by atoms with Gasteiger partial charge >= 0.3 is 6.09 Å². The van der Waals surface area contributed by atoms with Gasteiger partial charge in [0.15, 0.2) is 6.29 Å². The van der Waals surface area contributed by atoms with Crippen molar-refractivity contribution in [3.05, 3.63) is 65.4 Å². The number of alkyl carbamates (subject to hydrolysis) is 1. The SMILES string of the molecule is CCCCNC(C)=C1C(=O)Nc2ccc(S(=O)(=O)N(CC(C)C)CC(O)C(Cc3ccccc3)NC(=O)OC3COC4OCCC34)cc21. The van der Waals surface area contributed by atoms with Crippen molar-refractivity contribution in [3.63, 3.8) is 0 Å². The second-order valence-corrected chi connectivity index (χ2v) is 15.1. The molecule has 0 spiro atoms. The Bertz CT molecular complexity index is 1580. The van der Waals surface area contributed by atoms with Gasteiger partial charge in [-0.3, -0.25) is 4.79 Å². The van der Waals surface area contributed by atoms with Gasteiger partial charge in [-0.05, 0) is 55.9 Å². The minimum absolute atomic E-state index is 0.00556. The molecule has 0 saturated carbocycles. The van der Waals surface area contributed by atoms with Crippen LogP contribution in [0.4, 0.5) is 10.5 Å². The summed E-state index contributed by atoms with van der Waals surface area (Å²) in [4.78, 5) is 26.1. The summed E-state index contributed by atoms with van der Waals surface area (Å²) < 4.78 is 46.6. The van der Waals surface area contributed by atoms with E-state index in [1.165, 1.54) is 16.4 Å². The number of aliphatic hydroxyl groups is 1. The number of hydrogen-bond donors (Lipinski definition) is 4. The van der Waals surface area contributed by atoms with E-state index in [0.29, 0.717) is 35.7 Å². The van der Waals surface area contributed by atoms with Crippen LogP contribution in [-0.2, 0) is 35.4 Å². The fraction of sp³-hybridized carbons (Fsp3) is 0.543. The van der Waals surface area contributed by atoms with Crippen molar-refractivity contribution in [2.45, 2.75) is 82.8 Å². The number of carbonyl (C=O) groups is 2. The van der Waals surface area contributed by atoms with Gasteiger partial charge in [0, 0.05) is 36.6 Å². The quantitative estimate of drug-likeness (QED) is 0.162. The number of rotatable bonds is 15. The molecule has 3 heterocycles. The third kappa shape index (κ3) is 8.38. The van der Waals surface area contributed by atoms with E-state index in [2.05, 4.69) is 22.9 Å². The van der Waals surface area contributed by atoms with Gasteiger partial charge in [0.2, 0.25) is 10.0 Å². The number of carbonyl (C=O) groups excluding carboxylic acids is 2. The largest absolute Gasteiger partial charge is 0.443 e. The molecule has 2 amide bonds. The van der Waals surface area contributed by atoms with Crippen molar-refractivity contribution in [3.8, 4) is 0 Å². The number of unbranched alkanes of at least 4 members (excludes halogenated alkanes) is 1. The van der Waals surface area contributed by atoms with Crippen molar-refractivity contribution in [2.24, 2.45) is 11.8 Å². The highest BCUT2D eigenvalue weighted by atomic mass is 32.2. The first kappa shape index (κ1) is 35.8. The van der Waals surface area contributed by atoms with Gasteiger partial charge in [0.05, 0.1) is 41.7 Å². The molecule has 2 aromatic rings. The van der Waals surface area contributed by atoms with E-state index in [4.69, 9.17) is 14.2 Å². The topological polar surface area (TPSA) is 156 Å². The van der Waals surface area contributed by atoms with E-state index in [1.54, 1.807) is 6.07 Å². The summed E-state index contributed by atoms with van der Waals surface area (Å²) in [6.07, 6.45) is 0.0305. The molecule has 3 aliphatic heterocycles. The monoisotopic (exact) mass is 684 g/mol. The van der Waals surface area contributed by atoms with Crippen LogP contribution in [-0.4, -0.2) is 87.2 Å². The summed E-state index contributed by atoms with van der Waals surface area (Å²) in [6, 6.07) is 13.1. The molecule has 13 heteroatoms. The number of anilines is 1. The summed E-state index contributed by atoms with van der Waals surface area (Å²) in [6.45, 7) is 8.99. The van der Waals surface area contributed by atoms with E-state index in [-0.39, 0.29) is 55.0 Å². The van der Waals surface area contributed by atoms with E-state index >= 15 is 0 Å². The Morgan fingerprint density at radius 2 is 1.92 bits per heavy atom. The Labute approximate surface area is 283 Å². The Morgan fingerprint density at radius 1 is 1.15 bits per heavy atom. The minimum Gasteiger partial charge on any atom is -0.443 e. The van der Waals surface area contributed by atoms with Crippen molar-refractivity contribution in [2.75, 3.05) is 38.2 Å². The average Bonchev–Trinajstić information content (AvgIpc) is 3.75. The molecular formula is C35H48N4O8S. The molecule has 5 unspecified atom stereocenters. The smallest absolute Gasteiger partial charge is 0.407 e. The summed E-state index contributed by atoms with van der Waals surface area (Å²) in [7, 11) is -4.15. The predicted octanol–water partition coefficient (Wildman–Crippen LogP) is 3.87. The first-order valence-electron chi connectivity index (χ1n) is 16.8. The molecule has 0 radical (unpaired) electrons. The number of sulfonamides is 1. The zero-order valence-electron chi connectivity index (χ0n) is 28.1. The van der Waals surface area contributed by atoms with Gasteiger partial charge in [0.25, 0.3) is 5.91 Å². The van der Waals surface area contributed by atoms with Gasteiger partial charge in [-0.2, -0.15) is 4.31 Å². The maximum Gasteiger partial charge on any atom is 0.407 e. The van der Waals surface area contributed by atoms with Gasteiger partial charge in [0.1, 0.15) is 6.10 Å². The van der Waals surface area contributed by atoms with Crippen LogP contribution in [0.5, 0.6) is 0 Å². The number of aliphatic hydroxyl groups excluding tert-OH is 1. The van der Waals surface area contributed by atoms with E-state index in [1.807, 2.05) is 51.1 Å². The maximum absolute atomic E-state index is 14.3. The molecule has 0 aromatic heterocycles. The fourth-order valence-corrected chi connectivity index (χ4v) is 8.05. The second-order valence-electron chi connectivity index (χ2n) is 13.1. The average molecular weight is 685 g/mol. The first-order valence-corrected chi connectivity index (χ1v) is 18.2. The van der Waals surface area contributed by atoms with Crippen molar-refractivity contribution in [1.29, 1.82) is 0 Å². The highest BCUT2D eigenvalue weighted by Crippen LogP contribution is 2.36. The predicted molar refractivity (Wildman–Crippen MR) is 181 cm³/mol. The molecule has 3 aliphatic rings. The second kappa shape index (κ2) is 15.8. The molecule has 5 atom stereocenters. The number of amides is 2. The minimum atomic E-state index is -4.15. The van der Waals surface area contributed by atoms with Crippen LogP contribution in [0.25, 0.3) is 5.57 Å². The van der Waals surface area contributed by atoms with E-state index < -0.39 is 34.4 Å². The van der Waals surface area contributed by atoms with Gasteiger partial charge in [-0.15, -0.1) is 0 Å². The lowest BCUT2D eigenvalue weighted by molar-refractivity contribution is -0.110. The van der Waals surface area contributed by atoms with Gasteiger partial charge in [-0.25, -0.2) is 13.2 Å². The summed E-state index contributed by atoms with van der Waals surface area (Å²) in [5, 5.41) is 20.6. The van der Waals surface area contributed by atoms with Crippen molar-refractivity contribution < 1.29 is 37.3 Å². The molecule has 12 nitrogen and oxygen atoms in total. The van der Waals surface area contributed by atoms with Crippen LogP contribution >= 0.6 is 0 Å². The highest BCUT2D eigenvalue weighted by molar-refractivity contribution is 7.89. The Balaban J connectivity index is 1.37. The van der Waals surface area contributed by atoms with E-state index in [0.717, 1.165) is 24.8 Å². The first-order chi connectivity index (χ1) is 23.0. The van der Waals surface area contributed by atoms with Crippen LogP contribution in [0.1, 0.15) is 58.1 Å². The van der Waals surface area contributed by atoms with Crippen molar-refractivity contribution >= 4 is 33.3 Å². The van der Waals surface area contributed by atoms with Crippen LogP contribution in [0.15, 0.2) is 59.1 Å². The number of nitrogens with one attached hydrogen (secondary N) is 3. The Hall–Kier alpha value is -3.49. The molecule has 262 valence electrons. The number of allylic oxidation sites excluding steroid dienone is 1. The molecule has 2 aromatic carbocycles. The van der Waals surface area contributed by atoms with Crippen LogP contribution in [0.3, 0.4) is 0 Å². The zero-order chi connectivity index (χ0) is 34.4. The lowest BCUT2D eigenvalue weighted by Crippen LogP contribution is -2.51. The molecule has 2 fully saturated rings. The highest BCUT2D eigenvalue weighted by Gasteiger charge is 2.44. The molecular weight excluding hydrogens is 636 g/mol. The molecule has 4 N–H and O–H groups in total. The van der Waals surface area contributed by atoms with E-state index in [9.17, 15) is 23.1 Å². The van der Waals surface area contributed by atoms with Crippen molar-refractivity contribution in [1.82, 2.24) is 14.9 Å². The summed E-state index contributed by atoms with van der Waals surface area (Å²) in [5.74, 6) is -0.416. The van der Waals surface area contributed by atoms with Gasteiger partial charge in [-0.1, -0.05) is 57.5 Å². The molecule has 0 aliphatic carbocycles. The van der Waals surface area contributed by atoms with Crippen LogP contribution < -0.4 is 16.0 Å². The molecule has 0 bridgehead atoms. The fourth-order valence-electron chi connectivity index (χ4n) is 6.40. The Morgan fingerprint density at radius 3 is 2.65 bits per heavy atom. The summed E-state index contributed by atoms with van der Waals surface area (Å²) >= 11 is 0. The lowest BCUT2D eigenvalue weighted by atomic mass is 10.0. The third-order valence-corrected chi connectivity index (χ3v) is 10.8. The Kier molecular flexibility index (Phi) is 11.8. The number of benzene rings is 2. The normalized spacial score (nSPS) is 22.6. The number of fused-ring (bicyclic) bond motifs is 2. The van der Waals surface area contributed by atoms with Crippen LogP contribution in [0.2, 0.25) is 0 Å². The molecule has 2 saturated heterocycles. The third-order valence-electron chi connectivity index (χ3n) is 8.94.